The minimum absolute atomic E-state index is 0.0816. The molecule has 0 fully saturated rings. The molecule has 0 saturated carbocycles. The first-order chi connectivity index (χ1) is 11.5. The van der Waals surface area contributed by atoms with Crippen LogP contribution in [-0.2, 0) is 17.8 Å². The van der Waals surface area contributed by atoms with E-state index in [9.17, 15) is 9.90 Å². The van der Waals surface area contributed by atoms with Crippen LogP contribution >= 0.6 is 0 Å². The second-order valence-corrected chi connectivity index (χ2v) is 6.54. The Balaban J connectivity index is 2.53. The molecule has 1 N–H and O–H groups in total. The first kappa shape index (κ1) is 18.5. The van der Waals surface area contributed by atoms with Gasteiger partial charge >= 0.3 is 0 Å². The van der Waals surface area contributed by atoms with Crippen LogP contribution in [0.4, 0.5) is 0 Å². The van der Waals surface area contributed by atoms with Crippen LogP contribution < -0.4 is 4.74 Å². The maximum absolute atomic E-state index is 11.9. The zero-order chi connectivity index (χ0) is 17.7. The summed E-state index contributed by atoms with van der Waals surface area (Å²) in [6.07, 6.45) is 6.90. The zero-order valence-corrected chi connectivity index (χ0v) is 15.3. The molecule has 0 saturated heterocycles. The number of ketones is 1. The van der Waals surface area contributed by atoms with Crippen molar-refractivity contribution >= 4 is 5.78 Å². The number of carbonyl (C=O) groups is 1. The molecule has 1 aromatic carbocycles. The van der Waals surface area contributed by atoms with Gasteiger partial charge in [0, 0.05) is 24.4 Å². The number of aromatic hydroxyl groups is 1. The molecule has 0 aliphatic carbocycles. The predicted octanol–water partition coefficient (Wildman–Crippen LogP) is 3.81. The van der Waals surface area contributed by atoms with Gasteiger partial charge in [0.15, 0.2) is 17.3 Å². The van der Waals surface area contributed by atoms with Crippen LogP contribution in [0, 0.1) is 0 Å². The summed E-state index contributed by atoms with van der Waals surface area (Å²) in [6, 6.07) is 1.82. The molecule has 1 aliphatic rings. The third-order valence-corrected chi connectivity index (χ3v) is 4.72. The van der Waals surface area contributed by atoms with Crippen molar-refractivity contribution in [1.82, 2.24) is 4.90 Å². The summed E-state index contributed by atoms with van der Waals surface area (Å²) in [5, 5.41) is 10.4. The monoisotopic (exact) mass is 331 g/mol. The van der Waals surface area contributed by atoms with Crippen molar-refractivity contribution in [2.24, 2.45) is 0 Å². The number of phenolic OH excluding ortho intramolecular Hbond substituents is 1. The van der Waals surface area contributed by atoms with Gasteiger partial charge in [-0.3, -0.25) is 4.79 Å². The number of hydrogen-bond donors (Lipinski definition) is 1. The van der Waals surface area contributed by atoms with Crippen molar-refractivity contribution in [3.8, 4) is 11.5 Å². The van der Waals surface area contributed by atoms with Gasteiger partial charge in [-0.1, -0.05) is 19.9 Å². The lowest BCUT2D eigenvalue weighted by molar-refractivity contribution is -0.114. The van der Waals surface area contributed by atoms with Crippen molar-refractivity contribution in [1.29, 1.82) is 0 Å². The molecule has 1 aromatic rings. The van der Waals surface area contributed by atoms with Crippen LogP contribution in [0.1, 0.15) is 55.7 Å². The first-order valence-electron chi connectivity index (χ1n) is 8.82. The fourth-order valence-electron chi connectivity index (χ4n) is 3.47. The number of hydrogen-bond acceptors (Lipinski definition) is 4. The SMILES string of the molecule is CCCC(=O)/C=C\C1CCN(C)Cc2c(CC)cc(O)c(OC)c21. The lowest BCUT2D eigenvalue weighted by Crippen LogP contribution is -2.18. The highest BCUT2D eigenvalue weighted by Crippen LogP contribution is 2.43. The molecule has 1 unspecified atom stereocenters. The number of aryl methyl sites for hydroxylation is 1. The highest BCUT2D eigenvalue weighted by atomic mass is 16.5. The molecule has 1 atom stereocenters. The normalized spacial score (nSPS) is 18.4. The average Bonchev–Trinajstić information content (AvgIpc) is 2.72. The lowest BCUT2D eigenvalue weighted by Gasteiger charge is -2.21. The number of carbonyl (C=O) groups excluding carboxylic acids is 1. The minimum Gasteiger partial charge on any atom is -0.504 e. The van der Waals surface area contributed by atoms with Gasteiger partial charge in [-0.25, -0.2) is 0 Å². The molecule has 0 amide bonds. The maximum Gasteiger partial charge on any atom is 0.164 e. The van der Waals surface area contributed by atoms with Crippen molar-refractivity contribution in [3.05, 3.63) is 34.9 Å². The third-order valence-electron chi connectivity index (χ3n) is 4.72. The molecule has 0 radical (unpaired) electrons. The van der Waals surface area contributed by atoms with Crippen LogP contribution in [-0.4, -0.2) is 36.5 Å². The Labute approximate surface area is 145 Å². The van der Waals surface area contributed by atoms with Crippen molar-refractivity contribution in [3.63, 3.8) is 0 Å². The molecule has 1 aliphatic heterocycles. The molecular weight excluding hydrogens is 302 g/mol. The van der Waals surface area contributed by atoms with E-state index in [4.69, 9.17) is 4.74 Å². The summed E-state index contributed by atoms with van der Waals surface area (Å²) in [4.78, 5) is 14.2. The standard InChI is InChI=1S/C20H29NO3/c1-5-7-16(22)9-8-15-10-11-21(3)13-17-14(6-2)12-18(23)20(24-4)19(15)17/h8-9,12,15,23H,5-7,10-11,13H2,1-4H3/b9-8-. The van der Waals surface area contributed by atoms with Gasteiger partial charge in [0.05, 0.1) is 7.11 Å². The Kier molecular flexibility index (Phi) is 6.44. The van der Waals surface area contributed by atoms with E-state index in [1.54, 1.807) is 13.2 Å². The summed E-state index contributed by atoms with van der Waals surface area (Å²) >= 11 is 0. The second kappa shape index (κ2) is 8.34. The van der Waals surface area contributed by atoms with Crippen LogP contribution in [0.5, 0.6) is 11.5 Å². The summed E-state index contributed by atoms with van der Waals surface area (Å²) in [6.45, 7) is 5.89. The Hall–Kier alpha value is -1.81. The fraction of sp³-hybridized carbons (Fsp3) is 0.550. The smallest absolute Gasteiger partial charge is 0.164 e. The Morgan fingerprint density at radius 1 is 1.46 bits per heavy atom. The molecule has 24 heavy (non-hydrogen) atoms. The summed E-state index contributed by atoms with van der Waals surface area (Å²) in [7, 11) is 3.70. The molecular formula is C20H29NO3. The molecule has 0 aromatic heterocycles. The number of nitrogens with zero attached hydrogens (tertiary/aromatic N) is 1. The number of fused-ring (bicyclic) bond motifs is 1. The van der Waals surface area contributed by atoms with Gasteiger partial charge in [-0.15, -0.1) is 0 Å². The number of phenols is 1. The van der Waals surface area contributed by atoms with E-state index in [-0.39, 0.29) is 17.5 Å². The highest BCUT2D eigenvalue weighted by Gasteiger charge is 2.27. The number of allylic oxidation sites excluding steroid dienone is 2. The lowest BCUT2D eigenvalue weighted by atomic mass is 9.87. The van der Waals surface area contributed by atoms with Crippen LogP contribution in [0.3, 0.4) is 0 Å². The zero-order valence-electron chi connectivity index (χ0n) is 15.3. The molecule has 132 valence electrons. The van der Waals surface area contributed by atoms with E-state index >= 15 is 0 Å². The molecule has 4 heteroatoms. The Morgan fingerprint density at radius 3 is 2.83 bits per heavy atom. The van der Waals surface area contributed by atoms with Gasteiger partial charge in [-0.05, 0) is 56.1 Å². The number of methoxy groups -OCH3 is 1. The third kappa shape index (κ3) is 3.99. The average molecular weight is 331 g/mol. The minimum atomic E-state index is 0.0816. The molecule has 1 heterocycles. The molecule has 2 rings (SSSR count). The molecule has 0 bridgehead atoms. The van der Waals surface area contributed by atoms with Gasteiger partial charge < -0.3 is 14.7 Å². The van der Waals surface area contributed by atoms with E-state index in [0.29, 0.717) is 12.2 Å². The summed E-state index contributed by atoms with van der Waals surface area (Å²) in [5.41, 5.74) is 3.42. The Bertz CT molecular complexity index is 622. The second-order valence-electron chi connectivity index (χ2n) is 6.54. The summed E-state index contributed by atoms with van der Waals surface area (Å²) in [5.74, 6) is 0.982. The van der Waals surface area contributed by atoms with Crippen LogP contribution in [0.15, 0.2) is 18.2 Å². The van der Waals surface area contributed by atoms with E-state index in [0.717, 1.165) is 43.5 Å². The van der Waals surface area contributed by atoms with Gasteiger partial charge in [0.25, 0.3) is 0 Å². The van der Waals surface area contributed by atoms with E-state index in [1.165, 1.54) is 5.56 Å². The van der Waals surface area contributed by atoms with E-state index < -0.39 is 0 Å². The van der Waals surface area contributed by atoms with Crippen LogP contribution in [0.2, 0.25) is 0 Å². The van der Waals surface area contributed by atoms with Crippen molar-refractivity contribution in [2.45, 2.75) is 52.0 Å². The topological polar surface area (TPSA) is 49.8 Å². The van der Waals surface area contributed by atoms with Gasteiger partial charge in [0.1, 0.15) is 0 Å². The van der Waals surface area contributed by atoms with Gasteiger partial charge in [-0.2, -0.15) is 0 Å². The summed E-state index contributed by atoms with van der Waals surface area (Å²) < 4.78 is 5.53. The predicted molar refractivity (Wildman–Crippen MR) is 96.8 cm³/mol. The molecule has 0 spiro atoms. The largest absolute Gasteiger partial charge is 0.504 e. The van der Waals surface area contributed by atoms with Crippen molar-refractivity contribution < 1.29 is 14.6 Å². The van der Waals surface area contributed by atoms with Gasteiger partial charge in [0.2, 0.25) is 0 Å². The molecule has 4 nitrogen and oxygen atoms in total. The Morgan fingerprint density at radius 2 is 2.21 bits per heavy atom. The fourth-order valence-corrected chi connectivity index (χ4v) is 3.47. The number of rotatable bonds is 6. The van der Waals surface area contributed by atoms with Crippen molar-refractivity contribution in [2.75, 3.05) is 20.7 Å². The maximum atomic E-state index is 11.9. The quantitative estimate of drug-likeness (QED) is 0.805. The highest BCUT2D eigenvalue weighted by molar-refractivity contribution is 5.89. The number of ether oxygens (including phenoxy) is 1. The number of benzene rings is 1. The van der Waals surface area contributed by atoms with E-state index in [1.807, 2.05) is 19.1 Å². The van der Waals surface area contributed by atoms with E-state index in [2.05, 4.69) is 18.9 Å². The first-order valence-corrected chi connectivity index (χ1v) is 8.82. The van der Waals surface area contributed by atoms with Crippen LogP contribution in [0.25, 0.3) is 0 Å².